The Labute approximate surface area is 115 Å². The maximum absolute atomic E-state index is 5.58. The molecule has 0 radical (unpaired) electrons. The predicted octanol–water partition coefficient (Wildman–Crippen LogP) is 3.01. The molecule has 0 saturated heterocycles. The minimum Gasteiger partial charge on any atom is -0.492 e. The van der Waals surface area contributed by atoms with Crippen LogP contribution in [0.3, 0.4) is 0 Å². The van der Waals surface area contributed by atoms with Gasteiger partial charge in [-0.05, 0) is 39.7 Å². The first kappa shape index (κ1) is 13.1. The molecule has 2 aromatic rings. The van der Waals surface area contributed by atoms with Crippen LogP contribution in [0.15, 0.2) is 53.3 Å². The second kappa shape index (κ2) is 7.13. The van der Waals surface area contributed by atoms with E-state index < -0.39 is 0 Å². The number of hydrogen-bond donors (Lipinski definition) is 1. The molecule has 1 N–H and O–H groups in total. The number of para-hydroxylation sites is 1. The first-order chi connectivity index (χ1) is 8.84. The largest absolute Gasteiger partial charge is 0.492 e. The van der Waals surface area contributed by atoms with E-state index in [2.05, 4.69) is 26.2 Å². The molecule has 0 bridgehead atoms. The van der Waals surface area contributed by atoms with Gasteiger partial charge in [-0.1, -0.05) is 24.3 Å². The van der Waals surface area contributed by atoms with E-state index in [9.17, 15) is 0 Å². The SMILES string of the molecule is Brc1ccc(CNCCOc2ccccc2)cn1. The van der Waals surface area contributed by atoms with Gasteiger partial charge in [0.2, 0.25) is 0 Å². The van der Waals surface area contributed by atoms with Gasteiger partial charge < -0.3 is 10.1 Å². The third-order valence-corrected chi connectivity index (χ3v) is 2.88. The van der Waals surface area contributed by atoms with Crippen LogP contribution in [-0.4, -0.2) is 18.1 Å². The molecule has 0 saturated carbocycles. The Morgan fingerprint density at radius 2 is 1.94 bits per heavy atom. The van der Waals surface area contributed by atoms with Crippen LogP contribution in [0.5, 0.6) is 5.75 Å². The summed E-state index contributed by atoms with van der Waals surface area (Å²) in [5.74, 6) is 0.907. The van der Waals surface area contributed by atoms with E-state index in [1.54, 1.807) is 0 Å². The maximum atomic E-state index is 5.58. The van der Waals surface area contributed by atoms with E-state index in [1.807, 2.05) is 48.7 Å². The molecule has 0 spiro atoms. The van der Waals surface area contributed by atoms with Gasteiger partial charge in [-0.2, -0.15) is 0 Å². The molecule has 0 aliphatic carbocycles. The first-order valence-electron chi connectivity index (χ1n) is 5.83. The molecule has 0 aliphatic rings. The van der Waals surface area contributed by atoms with Gasteiger partial charge in [0.1, 0.15) is 17.0 Å². The van der Waals surface area contributed by atoms with Crippen LogP contribution in [0.2, 0.25) is 0 Å². The van der Waals surface area contributed by atoms with Crippen molar-refractivity contribution in [2.45, 2.75) is 6.54 Å². The van der Waals surface area contributed by atoms with E-state index in [4.69, 9.17) is 4.74 Å². The first-order valence-corrected chi connectivity index (χ1v) is 6.63. The monoisotopic (exact) mass is 306 g/mol. The van der Waals surface area contributed by atoms with E-state index in [1.165, 1.54) is 0 Å². The Morgan fingerprint density at radius 1 is 1.11 bits per heavy atom. The third-order valence-electron chi connectivity index (χ3n) is 2.41. The molecule has 0 aliphatic heterocycles. The number of rotatable bonds is 6. The van der Waals surface area contributed by atoms with Crippen LogP contribution in [0.4, 0.5) is 0 Å². The number of nitrogens with one attached hydrogen (secondary N) is 1. The van der Waals surface area contributed by atoms with Gasteiger partial charge in [-0.15, -0.1) is 0 Å². The van der Waals surface area contributed by atoms with Crippen molar-refractivity contribution >= 4 is 15.9 Å². The summed E-state index contributed by atoms with van der Waals surface area (Å²) in [5.41, 5.74) is 1.16. The minimum atomic E-state index is 0.661. The number of aromatic nitrogens is 1. The summed E-state index contributed by atoms with van der Waals surface area (Å²) in [5, 5.41) is 3.31. The molecule has 18 heavy (non-hydrogen) atoms. The summed E-state index contributed by atoms with van der Waals surface area (Å²) in [7, 11) is 0. The van der Waals surface area contributed by atoms with Gasteiger partial charge in [0, 0.05) is 19.3 Å². The summed E-state index contributed by atoms with van der Waals surface area (Å²) < 4.78 is 6.44. The molecule has 0 fully saturated rings. The lowest BCUT2D eigenvalue weighted by atomic mass is 10.3. The fraction of sp³-hybridized carbons (Fsp3) is 0.214. The number of halogens is 1. The molecule has 1 aromatic carbocycles. The fourth-order valence-corrected chi connectivity index (χ4v) is 1.74. The lowest BCUT2D eigenvalue weighted by molar-refractivity contribution is 0.313. The highest BCUT2D eigenvalue weighted by Gasteiger charge is 1.94. The van der Waals surface area contributed by atoms with E-state index in [0.717, 1.165) is 29.0 Å². The predicted molar refractivity (Wildman–Crippen MR) is 75.6 cm³/mol. The summed E-state index contributed by atoms with van der Waals surface area (Å²) in [6.45, 7) is 2.28. The standard InChI is InChI=1S/C14H15BrN2O/c15-14-7-6-12(11-17-14)10-16-8-9-18-13-4-2-1-3-5-13/h1-7,11,16H,8-10H2. The normalized spacial score (nSPS) is 10.3. The molecule has 94 valence electrons. The smallest absolute Gasteiger partial charge is 0.119 e. The molecule has 0 amide bonds. The van der Waals surface area contributed by atoms with E-state index >= 15 is 0 Å². The average Bonchev–Trinajstić information content (AvgIpc) is 2.42. The Balaban J connectivity index is 1.63. The zero-order chi connectivity index (χ0) is 12.6. The van der Waals surface area contributed by atoms with Crippen molar-refractivity contribution in [2.24, 2.45) is 0 Å². The average molecular weight is 307 g/mol. The Morgan fingerprint density at radius 3 is 2.67 bits per heavy atom. The van der Waals surface area contributed by atoms with Crippen molar-refractivity contribution in [2.75, 3.05) is 13.2 Å². The van der Waals surface area contributed by atoms with Gasteiger partial charge in [0.25, 0.3) is 0 Å². The second-order valence-electron chi connectivity index (χ2n) is 3.83. The maximum Gasteiger partial charge on any atom is 0.119 e. The summed E-state index contributed by atoms with van der Waals surface area (Å²) >= 11 is 3.31. The van der Waals surface area contributed by atoms with Gasteiger partial charge in [-0.25, -0.2) is 4.98 Å². The fourth-order valence-electron chi connectivity index (χ4n) is 1.50. The molecule has 4 heteroatoms. The molecule has 1 aromatic heterocycles. The molecular formula is C14H15BrN2O. The lowest BCUT2D eigenvalue weighted by Crippen LogP contribution is -2.20. The number of pyridine rings is 1. The summed E-state index contributed by atoms with van der Waals surface area (Å²) in [6.07, 6.45) is 1.86. The van der Waals surface area contributed by atoms with Crippen LogP contribution < -0.4 is 10.1 Å². The third kappa shape index (κ3) is 4.47. The second-order valence-corrected chi connectivity index (χ2v) is 4.64. The van der Waals surface area contributed by atoms with Gasteiger partial charge in [0.05, 0.1) is 0 Å². The highest BCUT2D eigenvalue weighted by molar-refractivity contribution is 9.10. The minimum absolute atomic E-state index is 0.661. The van der Waals surface area contributed by atoms with Crippen molar-refractivity contribution in [3.8, 4) is 5.75 Å². The van der Waals surface area contributed by atoms with Crippen molar-refractivity contribution in [3.05, 3.63) is 58.8 Å². The highest BCUT2D eigenvalue weighted by Crippen LogP contribution is 2.08. The molecule has 2 rings (SSSR count). The molecular weight excluding hydrogens is 292 g/mol. The number of nitrogens with zero attached hydrogens (tertiary/aromatic N) is 1. The summed E-state index contributed by atoms with van der Waals surface area (Å²) in [6, 6.07) is 13.8. The van der Waals surface area contributed by atoms with Crippen molar-refractivity contribution < 1.29 is 4.74 Å². The van der Waals surface area contributed by atoms with E-state index in [0.29, 0.717) is 6.61 Å². The van der Waals surface area contributed by atoms with Crippen molar-refractivity contribution in [3.63, 3.8) is 0 Å². The Hall–Kier alpha value is -1.39. The Bertz CT molecular complexity index is 459. The lowest BCUT2D eigenvalue weighted by Gasteiger charge is -2.07. The zero-order valence-corrected chi connectivity index (χ0v) is 11.6. The van der Waals surface area contributed by atoms with Crippen LogP contribution >= 0.6 is 15.9 Å². The summed E-state index contributed by atoms with van der Waals surface area (Å²) in [4.78, 5) is 4.17. The number of hydrogen-bond acceptors (Lipinski definition) is 3. The molecule has 0 unspecified atom stereocenters. The quantitative estimate of drug-likeness (QED) is 0.658. The number of benzene rings is 1. The van der Waals surface area contributed by atoms with Crippen LogP contribution in [-0.2, 0) is 6.54 Å². The van der Waals surface area contributed by atoms with Crippen molar-refractivity contribution in [1.29, 1.82) is 0 Å². The van der Waals surface area contributed by atoms with E-state index in [-0.39, 0.29) is 0 Å². The zero-order valence-electron chi connectivity index (χ0n) is 9.97. The Kier molecular flexibility index (Phi) is 5.17. The topological polar surface area (TPSA) is 34.1 Å². The van der Waals surface area contributed by atoms with Gasteiger partial charge in [-0.3, -0.25) is 0 Å². The van der Waals surface area contributed by atoms with Crippen LogP contribution in [0.25, 0.3) is 0 Å². The molecule has 1 heterocycles. The van der Waals surface area contributed by atoms with Crippen LogP contribution in [0.1, 0.15) is 5.56 Å². The molecule has 3 nitrogen and oxygen atoms in total. The highest BCUT2D eigenvalue weighted by atomic mass is 79.9. The number of ether oxygens (including phenoxy) is 1. The van der Waals surface area contributed by atoms with Crippen LogP contribution in [0, 0.1) is 0 Å². The molecule has 0 atom stereocenters. The van der Waals surface area contributed by atoms with Crippen molar-refractivity contribution in [1.82, 2.24) is 10.3 Å². The van der Waals surface area contributed by atoms with Gasteiger partial charge in [0.15, 0.2) is 0 Å². The van der Waals surface area contributed by atoms with Gasteiger partial charge >= 0.3 is 0 Å².